The highest BCUT2D eigenvalue weighted by Crippen LogP contribution is 2.33. The van der Waals surface area contributed by atoms with Crippen molar-refractivity contribution in [2.24, 2.45) is 0 Å². The molecule has 0 radical (unpaired) electrons. The van der Waals surface area contributed by atoms with E-state index in [0.717, 1.165) is 33.7 Å². The number of hydrogen-bond acceptors (Lipinski definition) is 3. The summed E-state index contributed by atoms with van der Waals surface area (Å²) < 4.78 is 5.53. The lowest BCUT2D eigenvalue weighted by Gasteiger charge is -2.18. The second kappa shape index (κ2) is 4.53. The fourth-order valence-electron chi connectivity index (χ4n) is 1.67. The van der Waals surface area contributed by atoms with Crippen LogP contribution in [0, 0.1) is 27.7 Å². The third-order valence-corrected chi connectivity index (χ3v) is 2.95. The molecule has 0 unspecified atom stereocenters. The molecule has 84 valence electrons. The van der Waals surface area contributed by atoms with Crippen molar-refractivity contribution in [1.29, 1.82) is 0 Å². The van der Waals surface area contributed by atoms with Crippen LogP contribution in [0.4, 0.5) is 5.69 Å². The summed E-state index contributed by atoms with van der Waals surface area (Å²) in [6.45, 7) is 8.31. The van der Waals surface area contributed by atoms with Crippen molar-refractivity contribution in [3.8, 4) is 5.75 Å². The molecular weight excluding hydrogens is 190 g/mol. The number of ether oxygens (including phenoxy) is 1. The third-order valence-electron chi connectivity index (χ3n) is 2.95. The van der Waals surface area contributed by atoms with Crippen molar-refractivity contribution in [3.05, 3.63) is 22.3 Å². The molecule has 3 nitrogen and oxygen atoms in total. The van der Waals surface area contributed by atoms with Crippen LogP contribution in [-0.4, -0.2) is 18.3 Å². The summed E-state index contributed by atoms with van der Waals surface area (Å²) in [6.07, 6.45) is 0. The van der Waals surface area contributed by atoms with E-state index in [9.17, 15) is 0 Å². The van der Waals surface area contributed by atoms with E-state index in [1.165, 1.54) is 0 Å². The summed E-state index contributed by atoms with van der Waals surface area (Å²) in [4.78, 5) is 0. The maximum Gasteiger partial charge on any atom is 0.125 e. The Balaban J connectivity index is 3.26. The third kappa shape index (κ3) is 2.07. The van der Waals surface area contributed by atoms with Gasteiger partial charge in [-0.05, 0) is 49.9 Å². The predicted molar refractivity (Wildman–Crippen MR) is 62.4 cm³/mol. The second-order valence-corrected chi connectivity index (χ2v) is 3.81. The summed E-state index contributed by atoms with van der Waals surface area (Å²) in [6, 6.07) is 0. The van der Waals surface area contributed by atoms with Gasteiger partial charge in [0.25, 0.3) is 0 Å². The minimum atomic E-state index is 0.0291. The molecule has 1 aromatic carbocycles. The topological polar surface area (TPSA) is 55.5 Å². The number of nitrogens with two attached hydrogens (primary N) is 1. The molecule has 0 aliphatic heterocycles. The standard InChI is InChI=1S/C12H19NO2/c1-7-9(3)12(15-6-5-14)10(4)8(2)11(7)13/h14H,5-6,13H2,1-4H3. The van der Waals surface area contributed by atoms with Gasteiger partial charge >= 0.3 is 0 Å². The Morgan fingerprint density at radius 2 is 1.47 bits per heavy atom. The molecule has 0 aliphatic carbocycles. The first-order chi connectivity index (χ1) is 7.00. The number of nitrogen functional groups attached to an aromatic ring is 1. The molecule has 1 aromatic rings. The molecule has 15 heavy (non-hydrogen) atoms. The van der Waals surface area contributed by atoms with E-state index >= 15 is 0 Å². The van der Waals surface area contributed by atoms with Crippen molar-refractivity contribution >= 4 is 5.69 Å². The zero-order chi connectivity index (χ0) is 11.6. The molecule has 3 heteroatoms. The van der Waals surface area contributed by atoms with Gasteiger partial charge in [0.15, 0.2) is 0 Å². The van der Waals surface area contributed by atoms with E-state index in [-0.39, 0.29) is 6.61 Å². The summed E-state index contributed by atoms with van der Waals surface area (Å²) in [5.41, 5.74) is 11.1. The van der Waals surface area contributed by atoms with Crippen molar-refractivity contribution in [2.75, 3.05) is 18.9 Å². The molecular formula is C12H19NO2. The van der Waals surface area contributed by atoms with Gasteiger partial charge < -0.3 is 15.6 Å². The fourth-order valence-corrected chi connectivity index (χ4v) is 1.67. The highest BCUT2D eigenvalue weighted by Gasteiger charge is 2.13. The van der Waals surface area contributed by atoms with E-state index in [2.05, 4.69) is 0 Å². The van der Waals surface area contributed by atoms with Crippen molar-refractivity contribution in [2.45, 2.75) is 27.7 Å². The Morgan fingerprint density at radius 3 is 1.87 bits per heavy atom. The molecule has 0 saturated carbocycles. The molecule has 0 heterocycles. The number of aliphatic hydroxyl groups is 1. The number of anilines is 1. The number of hydrogen-bond donors (Lipinski definition) is 2. The Morgan fingerprint density at radius 1 is 1.00 bits per heavy atom. The molecule has 3 N–H and O–H groups in total. The Bertz CT molecular complexity index is 343. The van der Waals surface area contributed by atoms with E-state index < -0.39 is 0 Å². The van der Waals surface area contributed by atoms with Crippen LogP contribution < -0.4 is 10.5 Å². The van der Waals surface area contributed by atoms with Crippen molar-refractivity contribution in [1.82, 2.24) is 0 Å². The van der Waals surface area contributed by atoms with Crippen LogP contribution in [0.15, 0.2) is 0 Å². The Hall–Kier alpha value is -1.22. The molecule has 0 spiro atoms. The average molecular weight is 209 g/mol. The smallest absolute Gasteiger partial charge is 0.125 e. The quantitative estimate of drug-likeness (QED) is 0.747. The molecule has 1 rings (SSSR count). The van der Waals surface area contributed by atoms with E-state index in [0.29, 0.717) is 6.61 Å². The van der Waals surface area contributed by atoms with Gasteiger partial charge in [0, 0.05) is 5.69 Å². The van der Waals surface area contributed by atoms with Gasteiger partial charge in [-0.15, -0.1) is 0 Å². The minimum Gasteiger partial charge on any atom is -0.491 e. The second-order valence-electron chi connectivity index (χ2n) is 3.81. The maximum atomic E-state index is 8.75. The first-order valence-corrected chi connectivity index (χ1v) is 5.10. The Labute approximate surface area is 90.9 Å². The molecule has 0 amide bonds. The predicted octanol–water partition coefficient (Wildman–Crippen LogP) is 1.87. The highest BCUT2D eigenvalue weighted by atomic mass is 16.5. The SMILES string of the molecule is Cc1c(C)c(OCCO)c(C)c(C)c1N. The van der Waals surface area contributed by atoms with Crippen LogP contribution in [0.5, 0.6) is 5.75 Å². The zero-order valence-electron chi connectivity index (χ0n) is 9.85. The Kier molecular flexibility index (Phi) is 3.58. The fraction of sp³-hybridized carbons (Fsp3) is 0.500. The van der Waals surface area contributed by atoms with Gasteiger partial charge in [-0.3, -0.25) is 0 Å². The average Bonchev–Trinajstić information content (AvgIpc) is 2.24. The lowest BCUT2D eigenvalue weighted by atomic mass is 9.97. The summed E-state index contributed by atoms with van der Waals surface area (Å²) >= 11 is 0. The number of aliphatic hydroxyl groups excluding tert-OH is 1. The van der Waals surface area contributed by atoms with Crippen LogP contribution in [0.2, 0.25) is 0 Å². The summed E-state index contributed by atoms with van der Waals surface area (Å²) in [7, 11) is 0. The molecule has 0 saturated heterocycles. The van der Waals surface area contributed by atoms with Crippen molar-refractivity contribution in [3.63, 3.8) is 0 Å². The summed E-state index contributed by atoms with van der Waals surface area (Å²) in [5, 5.41) is 8.75. The van der Waals surface area contributed by atoms with Gasteiger partial charge in [-0.25, -0.2) is 0 Å². The van der Waals surface area contributed by atoms with Gasteiger partial charge in [-0.1, -0.05) is 0 Å². The van der Waals surface area contributed by atoms with Crippen LogP contribution in [0.25, 0.3) is 0 Å². The molecule has 0 bridgehead atoms. The van der Waals surface area contributed by atoms with Gasteiger partial charge in [0.2, 0.25) is 0 Å². The highest BCUT2D eigenvalue weighted by molar-refractivity contribution is 5.64. The normalized spacial score (nSPS) is 10.5. The summed E-state index contributed by atoms with van der Waals surface area (Å²) in [5.74, 6) is 0.855. The van der Waals surface area contributed by atoms with Crippen LogP contribution >= 0.6 is 0 Å². The van der Waals surface area contributed by atoms with Gasteiger partial charge in [0.05, 0.1) is 6.61 Å². The minimum absolute atomic E-state index is 0.0291. The van der Waals surface area contributed by atoms with E-state index in [4.69, 9.17) is 15.6 Å². The first-order valence-electron chi connectivity index (χ1n) is 5.10. The number of rotatable bonds is 3. The van der Waals surface area contributed by atoms with Crippen LogP contribution in [0.1, 0.15) is 22.3 Å². The lowest BCUT2D eigenvalue weighted by Crippen LogP contribution is -2.08. The first kappa shape index (κ1) is 11.9. The van der Waals surface area contributed by atoms with Crippen LogP contribution in [-0.2, 0) is 0 Å². The zero-order valence-corrected chi connectivity index (χ0v) is 9.85. The lowest BCUT2D eigenvalue weighted by molar-refractivity contribution is 0.200. The maximum absolute atomic E-state index is 8.75. The van der Waals surface area contributed by atoms with Crippen molar-refractivity contribution < 1.29 is 9.84 Å². The molecule has 0 atom stereocenters. The number of benzene rings is 1. The van der Waals surface area contributed by atoms with Crippen LogP contribution in [0.3, 0.4) is 0 Å². The van der Waals surface area contributed by atoms with E-state index in [1.807, 2.05) is 27.7 Å². The molecule has 0 aromatic heterocycles. The largest absolute Gasteiger partial charge is 0.491 e. The van der Waals surface area contributed by atoms with Gasteiger partial charge in [-0.2, -0.15) is 0 Å². The van der Waals surface area contributed by atoms with E-state index in [1.54, 1.807) is 0 Å². The van der Waals surface area contributed by atoms with Gasteiger partial charge in [0.1, 0.15) is 12.4 Å². The monoisotopic (exact) mass is 209 g/mol. The molecule has 0 fully saturated rings. The molecule has 0 aliphatic rings.